The predicted molar refractivity (Wildman–Crippen MR) is 67.9 cm³/mol. The van der Waals surface area contributed by atoms with Crippen LogP contribution in [0.3, 0.4) is 0 Å². The SMILES string of the molecule is O=C(O)c1cn(Cc2ccc(CO)cc2)cc1C(F)(F)F. The Hall–Kier alpha value is -2.28. The zero-order valence-electron chi connectivity index (χ0n) is 10.8. The highest BCUT2D eigenvalue weighted by atomic mass is 19.4. The number of rotatable bonds is 4. The fraction of sp³-hybridized carbons (Fsp3) is 0.214. The first kappa shape index (κ1) is 15.1. The number of carboxylic acids is 1. The Labute approximate surface area is 118 Å². The van der Waals surface area contributed by atoms with Gasteiger partial charge in [-0.1, -0.05) is 24.3 Å². The Balaban J connectivity index is 2.30. The number of aliphatic hydroxyl groups excluding tert-OH is 1. The third-order valence-corrected chi connectivity index (χ3v) is 2.99. The summed E-state index contributed by atoms with van der Waals surface area (Å²) in [4.78, 5) is 10.9. The normalized spacial score (nSPS) is 11.6. The molecule has 1 aromatic carbocycles. The Morgan fingerprint density at radius 3 is 2.10 bits per heavy atom. The van der Waals surface area contributed by atoms with Gasteiger partial charge in [-0.2, -0.15) is 13.2 Å². The largest absolute Gasteiger partial charge is 0.478 e. The molecular formula is C14H12F3NO3. The lowest BCUT2D eigenvalue weighted by atomic mass is 10.1. The van der Waals surface area contributed by atoms with Crippen molar-refractivity contribution in [1.82, 2.24) is 4.57 Å². The van der Waals surface area contributed by atoms with E-state index >= 15 is 0 Å². The minimum Gasteiger partial charge on any atom is -0.478 e. The number of alkyl halides is 3. The number of hydrogen-bond acceptors (Lipinski definition) is 2. The lowest BCUT2D eigenvalue weighted by Gasteiger charge is -2.05. The predicted octanol–water partition coefficient (Wildman–Crippen LogP) is 2.75. The average molecular weight is 299 g/mol. The number of carboxylic acid groups (broad SMARTS) is 1. The van der Waals surface area contributed by atoms with Gasteiger partial charge in [0.1, 0.15) is 0 Å². The van der Waals surface area contributed by atoms with E-state index in [1.54, 1.807) is 24.3 Å². The van der Waals surface area contributed by atoms with Crippen LogP contribution in [0, 0.1) is 0 Å². The molecule has 112 valence electrons. The summed E-state index contributed by atoms with van der Waals surface area (Å²) >= 11 is 0. The number of nitrogens with zero attached hydrogens (tertiary/aromatic N) is 1. The number of hydrogen-bond donors (Lipinski definition) is 2. The van der Waals surface area contributed by atoms with Crippen LogP contribution in [-0.4, -0.2) is 20.7 Å². The molecule has 0 saturated carbocycles. The first-order valence-electron chi connectivity index (χ1n) is 6.00. The second-order valence-corrected chi connectivity index (χ2v) is 4.54. The molecule has 1 heterocycles. The van der Waals surface area contributed by atoms with Gasteiger partial charge in [0, 0.05) is 18.9 Å². The molecule has 0 atom stereocenters. The van der Waals surface area contributed by atoms with Gasteiger partial charge in [0.15, 0.2) is 0 Å². The van der Waals surface area contributed by atoms with Crippen LogP contribution >= 0.6 is 0 Å². The van der Waals surface area contributed by atoms with E-state index in [0.29, 0.717) is 11.1 Å². The molecule has 0 radical (unpaired) electrons. The molecule has 7 heteroatoms. The van der Waals surface area contributed by atoms with Gasteiger partial charge in [-0.15, -0.1) is 0 Å². The molecule has 0 aliphatic rings. The maximum absolute atomic E-state index is 12.8. The first-order valence-corrected chi connectivity index (χ1v) is 6.00. The maximum Gasteiger partial charge on any atom is 0.418 e. The lowest BCUT2D eigenvalue weighted by molar-refractivity contribution is -0.138. The van der Waals surface area contributed by atoms with Crippen LogP contribution in [0.4, 0.5) is 13.2 Å². The summed E-state index contributed by atoms with van der Waals surface area (Å²) in [5.41, 5.74) is -0.544. The van der Waals surface area contributed by atoms with Crippen molar-refractivity contribution >= 4 is 5.97 Å². The van der Waals surface area contributed by atoms with Gasteiger partial charge in [-0.25, -0.2) is 4.79 Å². The fourth-order valence-electron chi connectivity index (χ4n) is 1.96. The van der Waals surface area contributed by atoms with Crippen molar-refractivity contribution in [2.45, 2.75) is 19.3 Å². The summed E-state index contributed by atoms with van der Waals surface area (Å²) in [6, 6.07) is 6.64. The molecule has 4 nitrogen and oxygen atoms in total. The van der Waals surface area contributed by atoms with Gasteiger partial charge in [0.05, 0.1) is 17.7 Å². The molecule has 0 bridgehead atoms. The van der Waals surface area contributed by atoms with Gasteiger partial charge in [-0.3, -0.25) is 0 Å². The molecule has 21 heavy (non-hydrogen) atoms. The van der Waals surface area contributed by atoms with Crippen molar-refractivity contribution in [2.24, 2.45) is 0 Å². The molecule has 1 aromatic heterocycles. The van der Waals surface area contributed by atoms with Gasteiger partial charge in [0.25, 0.3) is 0 Å². The van der Waals surface area contributed by atoms with E-state index in [0.717, 1.165) is 12.4 Å². The maximum atomic E-state index is 12.8. The Morgan fingerprint density at radius 1 is 1.10 bits per heavy atom. The molecule has 2 rings (SSSR count). The molecule has 0 amide bonds. The topological polar surface area (TPSA) is 62.5 Å². The van der Waals surface area contributed by atoms with Crippen molar-refractivity contribution in [3.8, 4) is 0 Å². The van der Waals surface area contributed by atoms with Crippen LogP contribution in [0.15, 0.2) is 36.7 Å². The summed E-state index contributed by atoms with van der Waals surface area (Å²) in [5, 5.41) is 17.7. The number of aromatic nitrogens is 1. The Morgan fingerprint density at radius 2 is 1.67 bits per heavy atom. The molecule has 0 saturated heterocycles. The summed E-state index contributed by atoms with van der Waals surface area (Å²) < 4.78 is 39.4. The number of halogens is 3. The second-order valence-electron chi connectivity index (χ2n) is 4.54. The molecular weight excluding hydrogens is 287 g/mol. The third-order valence-electron chi connectivity index (χ3n) is 2.99. The lowest BCUT2D eigenvalue weighted by Crippen LogP contribution is -2.09. The molecule has 2 aromatic rings. The van der Waals surface area contributed by atoms with Gasteiger partial charge < -0.3 is 14.8 Å². The minimum absolute atomic E-state index is 0.113. The average Bonchev–Trinajstić information content (AvgIpc) is 2.84. The van der Waals surface area contributed by atoms with Crippen molar-refractivity contribution in [1.29, 1.82) is 0 Å². The van der Waals surface area contributed by atoms with E-state index in [-0.39, 0.29) is 13.2 Å². The monoisotopic (exact) mass is 299 g/mol. The molecule has 0 fully saturated rings. The molecule has 2 N–H and O–H groups in total. The van der Waals surface area contributed by atoms with Crippen LogP contribution in [0.5, 0.6) is 0 Å². The van der Waals surface area contributed by atoms with Crippen LogP contribution < -0.4 is 0 Å². The number of benzene rings is 1. The summed E-state index contributed by atoms with van der Waals surface area (Å²) in [5.74, 6) is -1.61. The van der Waals surface area contributed by atoms with E-state index in [1.807, 2.05) is 0 Å². The van der Waals surface area contributed by atoms with Crippen molar-refractivity contribution in [2.75, 3.05) is 0 Å². The fourth-order valence-corrected chi connectivity index (χ4v) is 1.96. The highest BCUT2D eigenvalue weighted by Crippen LogP contribution is 2.32. The molecule has 0 aliphatic heterocycles. The standard InChI is InChI=1S/C14H12F3NO3/c15-14(16,17)12-7-18(6-11(12)13(20)21)5-9-1-3-10(8-19)4-2-9/h1-4,6-7,19H,5,8H2,(H,20,21). The van der Waals surface area contributed by atoms with Crippen molar-refractivity contribution < 1.29 is 28.2 Å². The quantitative estimate of drug-likeness (QED) is 0.912. The number of aliphatic hydroxyl groups is 1. The van der Waals surface area contributed by atoms with Crippen molar-refractivity contribution in [3.63, 3.8) is 0 Å². The number of aromatic carboxylic acids is 1. The van der Waals surface area contributed by atoms with Crippen LogP contribution in [0.1, 0.15) is 27.0 Å². The van der Waals surface area contributed by atoms with E-state index in [2.05, 4.69) is 0 Å². The van der Waals surface area contributed by atoms with E-state index < -0.39 is 23.3 Å². The first-order chi connectivity index (χ1) is 9.81. The Bertz CT molecular complexity index is 644. The van der Waals surface area contributed by atoms with Crippen LogP contribution in [0.2, 0.25) is 0 Å². The molecule has 0 aliphatic carbocycles. The van der Waals surface area contributed by atoms with E-state index in [4.69, 9.17) is 10.2 Å². The summed E-state index contributed by atoms with van der Waals surface area (Å²) in [6.07, 6.45) is -2.96. The van der Waals surface area contributed by atoms with Crippen LogP contribution in [0.25, 0.3) is 0 Å². The zero-order chi connectivity index (χ0) is 15.6. The summed E-state index contributed by atoms with van der Waals surface area (Å²) in [6.45, 7) is -0.00669. The van der Waals surface area contributed by atoms with Gasteiger partial charge >= 0.3 is 12.1 Å². The highest BCUT2D eigenvalue weighted by Gasteiger charge is 2.36. The molecule has 0 unspecified atom stereocenters. The Kier molecular flexibility index (Phi) is 4.04. The third kappa shape index (κ3) is 3.43. The van der Waals surface area contributed by atoms with Gasteiger partial charge in [-0.05, 0) is 11.1 Å². The smallest absolute Gasteiger partial charge is 0.418 e. The van der Waals surface area contributed by atoms with E-state index in [9.17, 15) is 18.0 Å². The van der Waals surface area contributed by atoms with Gasteiger partial charge in [0.2, 0.25) is 0 Å². The second kappa shape index (κ2) is 5.61. The van der Waals surface area contributed by atoms with Crippen LogP contribution in [-0.2, 0) is 19.3 Å². The van der Waals surface area contributed by atoms with E-state index in [1.165, 1.54) is 4.57 Å². The summed E-state index contributed by atoms with van der Waals surface area (Å²) in [7, 11) is 0. The molecule has 0 spiro atoms. The zero-order valence-corrected chi connectivity index (χ0v) is 10.8. The van der Waals surface area contributed by atoms with Crippen molar-refractivity contribution in [3.05, 3.63) is 58.9 Å². The highest BCUT2D eigenvalue weighted by molar-refractivity contribution is 5.89. The minimum atomic E-state index is -4.71. The number of carbonyl (C=O) groups is 1.